The maximum Gasteiger partial charge on any atom is 0.257 e. The highest BCUT2D eigenvalue weighted by atomic mass is 35.5. The van der Waals surface area contributed by atoms with E-state index >= 15 is 0 Å². The number of halogens is 2. The molecule has 0 N–H and O–H groups in total. The highest BCUT2D eigenvalue weighted by Gasteiger charge is 2.29. The van der Waals surface area contributed by atoms with Crippen molar-refractivity contribution in [1.82, 2.24) is 10.1 Å². The molecule has 0 saturated carbocycles. The standard InChI is InChI=1S/C20H16Cl2N2O3/c1-26-18-7-6-14(22)10-15(18)20(25)24-9-8-17-16(11-24)19(27-23-17)12-2-4-13(21)5-3-12/h2-7,10H,8-9,11H2,1H3. The predicted molar refractivity (Wildman–Crippen MR) is 103 cm³/mol. The maximum absolute atomic E-state index is 13.1. The van der Waals surface area contributed by atoms with Crippen molar-refractivity contribution in [1.29, 1.82) is 0 Å². The number of amides is 1. The van der Waals surface area contributed by atoms with Gasteiger partial charge in [0, 0.05) is 34.1 Å². The van der Waals surface area contributed by atoms with Gasteiger partial charge in [0.05, 0.1) is 24.9 Å². The third kappa shape index (κ3) is 3.40. The Morgan fingerprint density at radius 3 is 2.63 bits per heavy atom. The van der Waals surface area contributed by atoms with Crippen LogP contribution in [0.5, 0.6) is 5.75 Å². The van der Waals surface area contributed by atoms with Crippen molar-refractivity contribution in [2.75, 3.05) is 13.7 Å². The fourth-order valence-corrected chi connectivity index (χ4v) is 3.53. The average Bonchev–Trinajstić information content (AvgIpc) is 3.11. The molecule has 5 nitrogen and oxygen atoms in total. The van der Waals surface area contributed by atoms with Crippen molar-refractivity contribution in [3.05, 3.63) is 69.3 Å². The van der Waals surface area contributed by atoms with Gasteiger partial charge in [0.1, 0.15) is 5.75 Å². The monoisotopic (exact) mass is 402 g/mol. The molecule has 0 spiro atoms. The molecule has 3 aromatic rings. The Labute approximate surface area is 166 Å². The summed E-state index contributed by atoms with van der Waals surface area (Å²) in [5.74, 6) is 1.03. The molecular weight excluding hydrogens is 387 g/mol. The SMILES string of the molecule is COc1ccc(Cl)cc1C(=O)N1CCc2noc(-c3ccc(Cl)cc3)c2C1. The second kappa shape index (κ2) is 7.25. The summed E-state index contributed by atoms with van der Waals surface area (Å²) >= 11 is 12.0. The van der Waals surface area contributed by atoms with E-state index in [2.05, 4.69) is 5.16 Å². The molecule has 0 bridgehead atoms. The van der Waals surface area contributed by atoms with Crippen LogP contribution in [0.2, 0.25) is 10.0 Å². The molecule has 1 aliphatic rings. The third-order valence-electron chi connectivity index (χ3n) is 4.62. The zero-order valence-electron chi connectivity index (χ0n) is 14.5. The minimum absolute atomic E-state index is 0.136. The number of methoxy groups -OCH3 is 1. The number of aromatic nitrogens is 1. The molecule has 1 aromatic heterocycles. The Morgan fingerprint density at radius 1 is 1.15 bits per heavy atom. The molecule has 7 heteroatoms. The van der Waals surface area contributed by atoms with Gasteiger partial charge in [-0.25, -0.2) is 0 Å². The zero-order chi connectivity index (χ0) is 19.0. The van der Waals surface area contributed by atoms with E-state index in [4.69, 9.17) is 32.5 Å². The largest absolute Gasteiger partial charge is 0.496 e. The van der Waals surface area contributed by atoms with Crippen LogP contribution in [0.15, 0.2) is 47.0 Å². The van der Waals surface area contributed by atoms with E-state index in [1.807, 2.05) is 12.1 Å². The molecule has 0 fully saturated rings. The Hall–Kier alpha value is -2.50. The average molecular weight is 403 g/mol. The predicted octanol–water partition coefficient (Wildman–Crippen LogP) is 4.86. The molecule has 2 heterocycles. The lowest BCUT2D eigenvalue weighted by Crippen LogP contribution is -2.36. The lowest BCUT2D eigenvalue weighted by Gasteiger charge is -2.27. The molecule has 27 heavy (non-hydrogen) atoms. The summed E-state index contributed by atoms with van der Waals surface area (Å²) in [5, 5.41) is 5.32. The molecule has 0 saturated heterocycles. The second-order valence-electron chi connectivity index (χ2n) is 6.27. The Morgan fingerprint density at radius 2 is 1.89 bits per heavy atom. The quantitative estimate of drug-likeness (QED) is 0.627. The number of ether oxygens (including phenoxy) is 1. The number of benzene rings is 2. The van der Waals surface area contributed by atoms with Gasteiger partial charge < -0.3 is 14.2 Å². The summed E-state index contributed by atoms with van der Waals surface area (Å²) in [6, 6.07) is 12.4. The number of nitrogens with zero attached hydrogens (tertiary/aromatic N) is 2. The first kappa shape index (κ1) is 17.9. The summed E-state index contributed by atoms with van der Waals surface area (Å²) in [5.41, 5.74) is 3.11. The summed E-state index contributed by atoms with van der Waals surface area (Å²) in [6.07, 6.45) is 0.626. The first-order valence-electron chi connectivity index (χ1n) is 8.43. The third-order valence-corrected chi connectivity index (χ3v) is 5.11. The van der Waals surface area contributed by atoms with Crippen LogP contribution in [-0.4, -0.2) is 29.6 Å². The fraction of sp³-hybridized carbons (Fsp3) is 0.200. The highest BCUT2D eigenvalue weighted by Crippen LogP contribution is 2.32. The molecule has 0 unspecified atom stereocenters. The van der Waals surface area contributed by atoms with Gasteiger partial charge in [0.2, 0.25) is 0 Å². The first-order valence-corrected chi connectivity index (χ1v) is 9.18. The number of hydrogen-bond acceptors (Lipinski definition) is 4. The topological polar surface area (TPSA) is 55.6 Å². The number of carbonyl (C=O) groups is 1. The normalized spacial score (nSPS) is 13.4. The van der Waals surface area contributed by atoms with Crippen molar-refractivity contribution < 1.29 is 14.1 Å². The summed E-state index contributed by atoms with van der Waals surface area (Å²) in [6.45, 7) is 0.958. The number of carbonyl (C=O) groups excluding carboxylic acids is 1. The molecule has 4 rings (SSSR count). The van der Waals surface area contributed by atoms with Crippen LogP contribution in [0, 0.1) is 0 Å². The van der Waals surface area contributed by atoms with E-state index in [1.54, 1.807) is 35.2 Å². The van der Waals surface area contributed by atoms with E-state index < -0.39 is 0 Å². The summed E-state index contributed by atoms with van der Waals surface area (Å²) in [7, 11) is 1.53. The minimum Gasteiger partial charge on any atom is -0.496 e. The molecule has 1 aliphatic heterocycles. The summed E-state index contributed by atoms with van der Waals surface area (Å²) in [4.78, 5) is 14.8. The van der Waals surface area contributed by atoms with E-state index in [0.29, 0.717) is 46.6 Å². The lowest BCUT2D eigenvalue weighted by molar-refractivity contribution is 0.0731. The number of rotatable bonds is 3. The van der Waals surface area contributed by atoms with Crippen LogP contribution in [0.4, 0.5) is 0 Å². The van der Waals surface area contributed by atoms with E-state index in [1.165, 1.54) is 7.11 Å². The fourth-order valence-electron chi connectivity index (χ4n) is 3.23. The minimum atomic E-state index is -0.136. The Bertz CT molecular complexity index is 999. The van der Waals surface area contributed by atoms with Crippen LogP contribution in [0.1, 0.15) is 21.6 Å². The van der Waals surface area contributed by atoms with Gasteiger partial charge in [-0.15, -0.1) is 0 Å². The first-order chi connectivity index (χ1) is 13.1. The number of fused-ring (bicyclic) bond motifs is 1. The van der Waals surface area contributed by atoms with Gasteiger partial charge >= 0.3 is 0 Å². The van der Waals surface area contributed by atoms with Crippen LogP contribution >= 0.6 is 23.2 Å². The summed E-state index contributed by atoms with van der Waals surface area (Å²) < 4.78 is 10.9. The Kier molecular flexibility index (Phi) is 4.81. The van der Waals surface area contributed by atoms with Crippen LogP contribution in [0.25, 0.3) is 11.3 Å². The Balaban J connectivity index is 1.65. The van der Waals surface area contributed by atoms with Crippen molar-refractivity contribution in [2.45, 2.75) is 13.0 Å². The second-order valence-corrected chi connectivity index (χ2v) is 7.14. The van der Waals surface area contributed by atoms with Gasteiger partial charge in [-0.1, -0.05) is 28.4 Å². The van der Waals surface area contributed by atoms with Gasteiger partial charge in [0.15, 0.2) is 5.76 Å². The van der Waals surface area contributed by atoms with Crippen LogP contribution < -0.4 is 4.74 Å². The van der Waals surface area contributed by atoms with Gasteiger partial charge in [-0.2, -0.15) is 0 Å². The van der Waals surface area contributed by atoms with Crippen LogP contribution in [0.3, 0.4) is 0 Å². The molecular formula is C20H16Cl2N2O3. The molecule has 138 valence electrons. The van der Waals surface area contributed by atoms with E-state index in [-0.39, 0.29) is 5.91 Å². The van der Waals surface area contributed by atoms with Crippen molar-refractivity contribution in [2.24, 2.45) is 0 Å². The molecule has 0 radical (unpaired) electrons. The molecule has 0 aliphatic carbocycles. The van der Waals surface area contributed by atoms with E-state index in [9.17, 15) is 4.79 Å². The van der Waals surface area contributed by atoms with Crippen molar-refractivity contribution in [3.63, 3.8) is 0 Å². The van der Waals surface area contributed by atoms with Gasteiger partial charge in [0.25, 0.3) is 5.91 Å². The highest BCUT2D eigenvalue weighted by molar-refractivity contribution is 6.31. The zero-order valence-corrected chi connectivity index (χ0v) is 16.0. The smallest absolute Gasteiger partial charge is 0.257 e. The maximum atomic E-state index is 13.1. The van der Waals surface area contributed by atoms with E-state index in [0.717, 1.165) is 16.8 Å². The van der Waals surface area contributed by atoms with Crippen LogP contribution in [-0.2, 0) is 13.0 Å². The molecule has 2 aromatic carbocycles. The molecule has 1 amide bonds. The number of hydrogen-bond donors (Lipinski definition) is 0. The van der Waals surface area contributed by atoms with Gasteiger partial charge in [-0.05, 0) is 42.5 Å². The molecule has 0 atom stereocenters. The van der Waals surface area contributed by atoms with Crippen molar-refractivity contribution in [3.8, 4) is 17.1 Å². The van der Waals surface area contributed by atoms with Gasteiger partial charge in [-0.3, -0.25) is 4.79 Å². The lowest BCUT2D eigenvalue weighted by atomic mass is 10.0. The van der Waals surface area contributed by atoms with Crippen molar-refractivity contribution >= 4 is 29.1 Å².